The SMILES string of the molecule is CC(=O)N[C@@H](CO)C(=O)N[C@@H](CCCCN)C(=O)N[C@@H](CC(C)C)C(=O)O. The molecule has 0 aromatic rings. The van der Waals surface area contributed by atoms with Crippen LogP contribution in [0.15, 0.2) is 0 Å². The lowest BCUT2D eigenvalue weighted by Gasteiger charge is -2.24. The molecule has 0 fully saturated rings. The number of aliphatic hydroxyl groups excluding tert-OH is 1. The van der Waals surface area contributed by atoms with Crippen LogP contribution < -0.4 is 21.7 Å². The number of nitrogens with one attached hydrogen (secondary N) is 3. The number of unbranched alkanes of at least 4 members (excludes halogenated alkanes) is 1. The summed E-state index contributed by atoms with van der Waals surface area (Å²) in [7, 11) is 0. The van der Waals surface area contributed by atoms with E-state index in [1.807, 2.05) is 13.8 Å². The molecule has 0 radical (unpaired) electrons. The van der Waals surface area contributed by atoms with Crippen LogP contribution in [0.25, 0.3) is 0 Å². The van der Waals surface area contributed by atoms with Gasteiger partial charge in [-0.15, -0.1) is 0 Å². The minimum Gasteiger partial charge on any atom is -0.480 e. The predicted octanol–water partition coefficient (Wildman–Crippen LogP) is -1.29. The van der Waals surface area contributed by atoms with Crippen molar-refractivity contribution in [2.75, 3.05) is 13.2 Å². The lowest BCUT2D eigenvalue weighted by Crippen LogP contribution is -2.56. The smallest absolute Gasteiger partial charge is 0.326 e. The minimum atomic E-state index is -1.20. The van der Waals surface area contributed by atoms with Gasteiger partial charge in [0.15, 0.2) is 0 Å². The van der Waals surface area contributed by atoms with E-state index in [1.165, 1.54) is 6.92 Å². The second-order valence-electron chi connectivity index (χ2n) is 6.81. The Bertz CT molecular complexity index is 512. The Kier molecular flexibility index (Phi) is 12.0. The van der Waals surface area contributed by atoms with Gasteiger partial charge in [-0.05, 0) is 38.1 Å². The van der Waals surface area contributed by atoms with Gasteiger partial charge in [0, 0.05) is 6.92 Å². The fourth-order valence-electron chi connectivity index (χ4n) is 2.44. The van der Waals surface area contributed by atoms with Gasteiger partial charge in [-0.1, -0.05) is 13.8 Å². The molecule has 0 aliphatic rings. The third-order valence-corrected chi connectivity index (χ3v) is 3.78. The van der Waals surface area contributed by atoms with Gasteiger partial charge in [-0.3, -0.25) is 14.4 Å². The Morgan fingerprint density at radius 3 is 1.93 bits per heavy atom. The molecule has 0 aromatic heterocycles. The van der Waals surface area contributed by atoms with Crippen LogP contribution in [-0.4, -0.2) is 65.2 Å². The summed E-state index contributed by atoms with van der Waals surface area (Å²) < 4.78 is 0. The molecule has 10 heteroatoms. The van der Waals surface area contributed by atoms with Gasteiger partial charge in [0.1, 0.15) is 18.1 Å². The van der Waals surface area contributed by atoms with Crippen molar-refractivity contribution in [3.63, 3.8) is 0 Å². The van der Waals surface area contributed by atoms with Crippen molar-refractivity contribution in [1.29, 1.82) is 0 Å². The molecule has 27 heavy (non-hydrogen) atoms. The molecular weight excluding hydrogens is 356 g/mol. The van der Waals surface area contributed by atoms with Crippen molar-refractivity contribution in [1.82, 2.24) is 16.0 Å². The molecule has 0 saturated carbocycles. The number of hydrogen-bond donors (Lipinski definition) is 6. The van der Waals surface area contributed by atoms with E-state index in [0.717, 1.165) is 0 Å². The lowest BCUT2D eigenvalue weighted by molar-refractivity contribution is -0.142. The Morgan fingerprint density at radius 1 is 0.926 bits per heavy atom. The Labute approximate surface area is 159 Å². The number of rotatable bonds is 13. The minimum absolute atomic E-state index is 0.0511. The van der Waals surface area contributed by atoms with Gasteiger partial charge < -0.3 is 31.9 Å². The van der Waals surface area contributed by atoms with E-state index < -0.39 is 48.4 Å². The number of carbonyl (C=O) groups is 4. The van der Waals surface area contributed by atoms with E-state index in [4.69, 9.17) is 5.73 Å². The first-order chi connectivity index (χ1) is 12.6. The maximum absolute atomic E-state index is 12.5. The quantitative estimate of drug-likeness (QED) is 0.213. The van der Waals surface area contributed by atoms with E-state index >= 15 is 0 Å². The van der Waals surface area contributed by atoms with Crippen molar-refractivity contribution < 1.29 is 29.4 Å². The molecule has 0 saturated heterocycles. The van der Waals surface area contributed by atoms with E-state index in [0.29, 0.717) is 19.4 Å². The number of amides is 3. The summed E-state index contributed by atoms with van der Waals surface area (Å²) >= 11 is 0. The number of carbonyl (C=O) groups excluding carboxylic acids is 3. The van der Waals surface area contributed by atoms with Crippen molar-refractivity contribution in [3.8, 4) is 0 Å². The van der Waals surface area contributed by atoms with Gasteiger partial charge in [-0.2, -0.15) is 0 Å². The topological polar surface area (TPSA) is 171 Å². The number of aliphatic carboxylic acids is 1. The Hall–Kier alpha value is -2.20. The summed E-state index contributed by atoms with van der Waals surface area (Å²) in [6.45, 7) is 4.65. The maximum atomic E-state index is 12.5. The lowest BCUT2D eigenvalue weighted by atomic mass is 10.0. The Morgan fingerprint density at radius 2 is 1.48 bits per heavy atom. The van der Waals surface area contributed by atoms with Crippen LogP contribution in [0.4, 0.5) is 0 Å². The summed E-state index contributed by atoms with van der Waals surface area (Å²) in [4.78, 5) is 47.2. The summed E-state index contributed by atoms with van der Waals surface area (Å²) in [5.41, 5.74) is 5.45. The molecule has 7 N–H and O–H groups in total. The average Bonchev–Trinajstić information content (AvgIpc) is 2.57. The van der Waals surface area contributed by atoms with Crippen LogP contribution >= 0.6 is 0 Å². The number of hydrogen-bond acceptors (Lipinski definition) is 6. The van der Waals surface area contributed by atoms with Crippen molar-refractivity contribution in [2.24, 2.45) is 11.7 Å². The first-order valence-electron chi connectivity index (χ1n) is 9.03. The monoisotopic (exact) mass is 388 g/mol. The molecule has 156 valence electrons. The third kappa shape index (κ3) is 10.5. The zero-order valence-corrected chi connectivity index (χ0v) is 16.2. The zero-order chi connectivity index (χ0) is 21.0. The van der Waals surface area contributed by atoms with Gasteiger partial charge in [0.25, 0.3) is 0 Å². The van der Waals surface area contributed by atoms with Crippen LogP contribution in [0.2, 0.25) is 0 Å². The van der Waals surface area contributed by atoms with Gasteiger partial charge in [0.2, 0.25) is 17.7 Å². The van der Waals surface area contributed by atoms with E-state index in [1.54, 1.807) is 0 Å². The molecule has 0 aromatic carbocycles. The second kappa shape index (κ2) is 13.0. The van der Waals surface area contributed by atoms with Crippen molar-refractivity contribution >= 4 is 23.7 Å². The first kappa shape index (κ1) is 24.8. The van der Waals surface area contributed by atoms with Gasteiger partial charge in [-0.25, -0.2) is 4.79 Å². The number of carboxylic acids is 1. The summed E-state index contributed by atoms with van der Waals surface area (Å²) in [6, 6.07) is -3.27. The molecule has 0 bridgehead atoms. The molecule has 0 aliphatic carbocycles. The molecule has 0 unspecified atom stereocenters. The molecule has 0 heterocycles. The highest BCUT2D eigenvalue weighted by atomic mass is 16.4. The molecule has 3 amide bonds. The zero-order valence-electron chi connectivity index (χ0n) is 16.2. The highest BCUT2D eigenvalue weighted by molar-refractivity contribution is 5.93. The molecule has 3 atom stereocenters. The highest BCUT2D eigenvalue weighted by Gasteiger charge is 2.29. The summed E-state index contributed by atoms with van der Waals surface area (Å²) in [5.74, 6) is -2.97. The highest BCUT2D eigenvalue weighted by Crippen LogP contribution is 2.07. The number of aliphatic hydroxyl groups is 1. The summed E-state index contributed by atoms with van der Waals surface area (Å²) in [6.07, 6.45) is 1.67. The van der Waals surface area contributed by atoms with Gasteiger partial charge in [0.05, 0.1) is 6.61 Å². The van der Waals surface area contributed by atoms with Crippen LogP contribution in [0, 0.1) is 5.92 Å². The fourth-order valence-corrected chi connectivity index (χ4v) is 2.44. The van der Waals surface area contributed by atoms with Crippen molar-refractivity contribution in [2.45, 2.75) is 64.6 Å². The van der Waals surface area contributed by atoms with E-state index in [9.17, 15) is 29.4 Å². The molecular formula is C17H32N4O6. The molecule has 0 rings (SSSR count). The van der Waals surface area contributed by atoms with Crippen molar-refractivity contribution in [3.05, 3.63) is 0 Å². The van der Waals surface area contributed by atoms with Gasteiger partial charge >= 0.3 is 5.97 Å². The number of carboxylic acid groups (broad SMARTS) is 1. The Balaban J connectivity index is 5.14. The maximum Gasteiger partial charge on any atom is 0.326 e. The molecule has 10 nitrogen and oxygen atoms in total. The number of nitrogens with two attached hydrogens (primary N) is 1. The summed E-state index contributed by atoms with van der Waals surface area (Å²) in [5, 5.41) is 25.7. The van der Waals surface area contributed by atoms with Crippen LogP contribution in [0.3, 0.4) is 0 Å². The third-order valence-electron chi connectivity index (χ3n) is 3.78. The normalized spacial score (nSPS) is 14.1. The van der Waals surface area contributed by atoms with Crippen LogP contribution in [0.1, 0.15) is 46.5 Å². The predicted molar refractivity (Wildman–Crippen MR) is 98.5 cm³/mol. The average molecular weight is 388 g/mol. The first-order valence-corrected chi connectivity index (χ1v) is 9.03. The largest absolute Gasteiger partial charge is 0.480 e. The second-order valence-corrected chi connectivity index (χ2v) is 6.81. The molecule has 0 aliphatic heterocycles. The van der Waals surface area contributed by atoms with E-state index in [-0.39, 0.29) is 18.8 Å². The standard InChI is InChI=1S/C17H32N4O6/c1-10(2)8-13(17(26)27)21-15(24)12(6-4-5-7-18)20-16(25)14(9-22)19-11(3)23/h10,12-14,22H,4-9,18H2,1-3H3,(H,19,23)(H,20,25)(H,21,24)(H,26,27)/t12-,13-,14-/m0/s1. The van der Waals surface area contributed by atoms with E-state index in [2.05, 4.69) is 16.0 Å². The fraction of sp³-hybridized carbons (Fsp3) is 0.765. The molecule has 0 spiro atoms. The van der Waals surface area contributed by atoms with Crippen LogP contribution in [-0.2, 0) is 19.2 Å². The van der Waals surface area contributed by atoms with Crippen LogP contribution in [0.5, 0.6) is 0 Å².